The Labute approximate surface area is 121 Å². The van der Waals surface area contributed by atoms with Crippen LogP contribution in [0.1, 0.15) is 29.7 Å². The maximum atomic E-state index is 12.4. The number of fused-ring (bicyclic) bond motifs is 1. The molecule has 19 heavy (non-hydrogen) atoms. The van der Waals surface area contributed by atoms with Crippen LogP contribution in [0.25, 0.3) is 0 Å². The molecule has 1 aliphatic rings. The number of rotatable bonds is 3. The Hall–Kier alpha value is -1.36. The second-order valence-corrected chi connectivity index (χ2v) is 5.63. The number of halogens is 1. The van der Waals surface area contributed by atoms with Gasteiger partial charge in [0.25, 0.3) is 5.91 Å². The van der Waals surface area contributed by atoms with Gasteiger partial charge in [-0.2, -0.15) is 0 Å². The summed E-state index contributed by atoms with van der Waals surface area (Å²) >= 11 is 3.37. The number of nitrogens with one attached hydrogen (secondary N) is 1. The van der Waals surface area contributed by atoms with Crippen LogP contribution in [-0.2, 0) is 9.59 Å². The van der Waals surface area contributed by atoms with Crippen molar-refractivity contribution in [1.82, 2.24) is 5.32 Å². The van der Waals surface area contributed by atoms with Crippen molar-refractivity contribution >= 4 is 33.4 Å². The predicted molar refractivity (Wildman–Crippen MR) is 78.6 cm³/mol. The topological polar surface area (TPSA) is 49.4 Å². The van der Waals surface area contributed by atoms with Gasteiger partial charge in [0.15, 0.2) is 0 Å². The Morgan fingerprint density at radius 2 is 2.11 bits per heavy atom. The quantitative estimate of drug-likeness (QED) is 0.867. The van der Waals surface area contributed by atoms with E-state index in [0.717, 1.165) is 22.4 Å². The Balaban J connectivity index is 2.53. The lowest BCUT2D eigenvalue weighted by atomic mass is 10.0. The molecule has 2 amide bonds. The molecule has 5 heteroatoms. The number of amides is 2. The largest absolute Gasteiger partial charge is 0.341 e. The van der Waals surface area contributed by atoms with Crippen LogP contribution in [0, 0.1) is 13.8 Å². The van der Waals surface area contributed by atoms with Crippen molar-refractivity contribution in [1.29, 1.82) is 0 Å². The van der Waals surface area contributed by atoms with Crippen LogP contribution in [0.4, 0.5) is 5.69 Å². The first kappa shape index (κ1) is 14.1. The first-order chi connectivity index (χ1) is 8.95. The smallest absolute Gasteiger partial charge is 0.254 e. The van der Waals surface area contributed by atoms with Crippen molar-refractivity contribution in [3.8, 4) is 0 Å². The maximum absolute atomic E-state index is 12.4. The summed E-state index contributed by atoms with van der Waals surface area (Å²) in [4.78, 5) is 25.5. The van der Waals surface area contributed by atoms with E-state index in [-0.39, 0.29) is 11.8 Å². The zero-order valence-corrected chi connectivity index (χ0v) is 12.9. The Morgan fingerprint density at radius 1 is 1.42 bits per heavy atom. The number of hydrogen-bond acceptors (Lipinski definition) is 2. The summed E-state index contributed by atoms with van der Waals surface area (Å²) < 4.78 is 0. The third-order valence-electron chi connectivity index (χ3n) is 3.22. The van der Waals surface area contributed by atoms with Gasteiger partial charge >= 0.3 is 0 Å². The highest BCUT2D eigenvalue weighted by Gasteiger charge is 2.38. The molecule has 0 bridgehead atoms. The number of hydrogen-bond donors (Lipinski definition) is 1. The molecule has 1 aliphatic heterocycles. The minimum atomic E-state index is -0.551. The van der Waals surface area contributed by atoms with E-state index in [4.69, 9.17) is 0 Å². The van der Waals surface area contributed by atoms with Crippen LogP contribution < -0.4 is 10.2 Å². The van der Waals surface area contributed by atoms with Crippen LogP contribution >= 0.6 is 15.9 Å². The van der Waals surface area contributed by atoms with E-state index in [9.17, 15) is 9.59 Å². The molecule has 1 N–H and O–H groups in total. The van der Waals surface area contributed by atoms with E-state index >= 15 is 0 Å². The zero-order valence-electron chi connectivity index (χ0n) is 11.3. The molecule has 0 fully saturated rings. The SMILES string of the molecule is CC(=O)N[C@H]1C(=O)N(CCBr)c2c(C)cc(C)cc21. The average molecular weight is 325 g/mol. The molecule has 4 nitrogen and oxygen atoms in total. The molecule has 0 aromatic heterocycles. The van der Waals surface area contributed by atoms with Gasteiger partial charge in [-0.15, -0.1) is 0 Å². The highest BCUT2D eigenvalue weighted by Crippen LogP contribution is 2.39. The fraction of sp³-hybridized carbons (Fsp3) is 0.429. The van der Waals surface area contributed by atoms with Crippen molar-refractivity contribution < 1.29 is 9.59 Å². The summed E-state index contributed by atoms with van der Waals surface area (Å²) in [5.41, 5.74) is 4.00. The molecular weight excluding hydrogens is 308 g/mol. The Morgan fingerprint density at radius 3 is 2.68 bits per heavy atom. The predicted octanol–water partition coefficient (Wildman–Crippen LogP) is 2.22. The minimum Gasteiger partial charge on any atom is -0.341 e. The van der Waals surface area contributed by atoms with E-state index in [1.165, 1.54) is 6.92 Å². The fourth-order valence-electron chi connectivity index (χ4n) is 2.63. The summed E-state index contributed by atoms with van der Waals surface area (Å²) in [6, 6.07) is 3.49. The van der Waals surface area contributed by atoms with Gasteiger partial charge < -0.3 is 10.2 Å². The van der Waals surface area contributed by atoms with Crippen LogP contribution in [-0.4, -0.2) is 23.7 Å². The summed E-state index contributed by atoms with van der Waals surface area (Å²) in [6.45, 7) is 6.03. The van der Waals surface area contributed by atoms with Crippen molar-refractivity contribution in [2.45, 2.75) is 26.8 Å². The normalized spacial score (nSPS) is 17.6. The third kappa shape index (κ3) is 2.52. The minimum absolute atomic E-state index is 0.0571. The molecule has 0 spiro atoms. The van der Waals surface area contributed by atoms with E-state index in [1.54, 1.807) is 4.90 Å². The number of carbonyl (C=O) groups excluding carboxylic acids is 2. The summed E-state index contributed by atoms with van der Waals surface area (Å²) in [7, 11) is 0. The molecule has 102 valence electrons. The number of benzene rings is 1. The first-order valence-corrected chi connectivity index (χ1v) is 7.33. The van der Waals surface area contributed by atoms with Gasteiger partial charge in [0, 0.05) is 24.4 Å². The van der Waals surface area contributed by atoms with Gasteiger partial charge in [-0.05, 0) is 19.4 Å². The van der Waals surface area contributed by atoms with Crippen LogP contribution in [0.2, 0.25) is 0 Å². The Bertz CT molecular complexity index is 542. The standard InChI is InChI=1S/C14H17BrN2O2/c1-8-6-9(2)13-11(7-8)12(16-10(3)18)14(19)17(13)5-4-15/h6-7,12H,4-5H2,1-3H3,(H,16,18)/t12-/m1/s1. The molecule has 0 saturated carbocycles. The zero-order chi connectivity index (χ0) is 14.2. The van der Waals surface area contributed by atoms with Crippen molar-refractivity contribution in [2.24, 2.45) is 0 Å². The summed E-state index contributed by atoms with van der Waals surface area (Å²) in [5, 5.41) is 3.45. The van der Waals surface area contributed by atoms with Crippen molar-refractivity contribution in [2.75, 3.05) is 16.8 Å². The number of carbonyl (C=O) groups is 2. The van der Waals surface area contributed by atoms with Gasteiger partial charge in [-0.1, -0.05) is 33.6 Å². The van der Waals surface area contributed by atoms with Crippen LogP contribution in [0.3, 0.4) is 0 Å². The highest BCUT2D eigenvalue weighted by molar-refractivity contribution is 9.09. The van der Waals surface area contributed by atoms with Crippen LogP contribution in [0.5, 0.6) is 0 Å². The molecule has 0 saturated heterocycles. The lowest BCUT2D eigenvalue weighted by Crippen LogP contribution is -2.37. The molecule has 0 aliphatic carbocycles. The molecule has 1 heterocycles. The lowest BCUT2D eigenvalue weighted by molar-refractivity contribution is -0.126. The third-order valence-corrected chi connectivity index (χ3v) is 3.58. The van der Waals surface area contributed by atoms with E-state index in [1.807, 2.05) is 19.9 Å². The van der Waals surface area contributed by atoms with Gasteiger partial charge in [0.1, 0.15) is 6.04 Å². The average Bonchev–Trinajstić information content (AvgIpc) is 2.55. The molecule has 0 unspecified atom stereocenters. The second kappa shape index (κ2) is 5.33. The van der Waals surface area contributed by atoms with E-state index in [0.29, 0.717) is 11.9 Å². The van der Waals surface area contributed by atoms with E-state index in [2.05, 4.69) is 27.3 Å². The Kier molecular flexibility index (Phi) is 3.94. The van der Waals surface area contributed by atoms with Gasteiger partial charge in [0.2, 0.25) is 5.91 Å². The second-order valence-electron chi connectivity index (χ2n) is 4.83. The van der Waals surface area contributed by atoms with E-state index < -0.39 is 6.04 Å². The number of anilines is 1. The fourth-order valence-corrected chi connectivity index (χ4v) is 2.98. The molecule has 1 aromatic rings. The lowest BCUT2D eigenvalue weighted by Gasteiger charge is -2.18. The molecule has 0 radical (unpaired) electrons. The molecule has 2 rings (SSSR count). The van der Waals surface area contributed by atoms with Gasteiger partial charge in [0.05, 0.1) is 5.69 Å². The number of alkyl halides is 1. The molecular formula is C14H17BrN2O2. The summed E-state index contributed by atoms with van der Waals surface area (Å²) in [6.07, 6.45) is 0. The van der Waals surface area contributed by atoms with Crippen molar-refractivity contribution in [3.63, 3.8) is 0 Å². The van der Waals surface area contributed by atoms with Crippen LogP contribution in [0.15, 0.2) is 12.1 Å². The highest BCUT2D eigenvalue weighted by atomic mass is 79.9. The monoisotopic (exact) mass is 324 g/mol. The van der Waals surface area contributed by atoms with Gasteiger partial charge in [-0.25, -0.2) is 0 Å². The molecule has 1 atom stereocenters. The number of aryl methyl sites for hydroxylation is 2. The maximum Gasteiger partial charge on any atom is 0.254 e. The summed E-state index contributed by atoms with van der Waals surface area (Å²) in [5.74, 6) is -0.248. The van der Waals surface area contributed by atoms with Gasteiger partial charge in [-0.3, -0.25) is 9.59 Å². The molecule has 1 aromatic carbocycles. The van der Waals surface area contributed by atoms with Crippen molar-refractivity contribution in [3.05, 3.63) is 28.8 Å². The number of nitrogens with zero attached hydrogens (tertiary/aromatic N) is 1. The first-order valence-electron chi connectivity index (χ1n) is 6.21.